The number of benzene rings is 2. The molecule has 6 heteroatoms. The normalized spacial score (nSPS) is 10.8. The topological polar surface area (TPSA) is 59.3 Å². The molecule has 0 fully saturated rings. The van der Waals surface area contributed by atoms with Gasteiger partial charge in [0, 0.05) is 18.1 Å². The summed E-state index contributed by atoms with van der Waals surface area (Å²) >= 11 is 3.40. The smallest absolute Gasteiger partial charge is 0.277 e. The van der Waals surface area contributed by atoms with Crippen LogP contribution in [0, 0.1) is 0 Å². The zero-order chi connectivity index (χ0) is 17.2. The first-order valence-electron chi connectivity index (χ1n) is 7.68. The Hall–Kier alpha value is -2.99. The van der Waals surface area contributed by atoms with Crippen LogP contribution in [0.25, 0.3) is 16.8 Å². The molecule has 5 nitrogen and oxygen atoms in total. The molecule has 0 spiro atoms. The van der Waals surface area contributed by atoms with Crippen molar-refractivity contribution in [1.29, 1.82) is 0 Å². The monoisotopic (exact) mass is 392 g/mol. The predicted octanol–water partition coefficient (Wildman–Crippen LogP) is 4.41. The molecule has 4 aromatic rings. The average Bonchev–Trinajstić information content (AvgIpc) is 3.00. The highest BCUT2D eigenvalue weighted by molar-refractivity contribution is 9.10. The fourth-order valence-corrected chi connectivity index (χ4v) is 3.11. The Kier molecular flexibility index (Phi) is 4.03. The molecule has 0 saturated carbocycles. The maximum Gasteiger partial charge on any atom is 0.277 e. The third kappa shape index (κ3) is 3.04. The van der Waals surface area contributed by atoms with E-state index < -0.39 is 0 Å². The third-order valence-electron chi connectivity index (χ3n) is 3.80. The van der Waals surface area contributed by atoms with Gasteiger partial charge in [-0.05, 0) is 45.3 Å². The Morgan fingerprint density at radius 2 is 1.68 bits per heavy atom. The van der Waals surface area contributed by atoms with Gasteiger partial charge in [0.05, 0.1) is 4.47 Å². The van der Waals surface area contributed by atoms with Crippen LogP contribution in [-0.4, -0.2) is 20.5 Å². The number of rotatable bonds is 3. The van der Waals surface area contributed by atoms with Crippen molar-refractivity contribution in [2.75, 3.05) is 5.32 Å². The van der Waals surface area contributed by atoms with E-state index in [1.807, 2.05) is 54.6 Å². The van der Waals surface area contributed by atoms with E-state index in [1.165, 1.54) is 0 Å². The Morgan fingerprint density at radius 3 is 2.40 bits per heavy atom. The van der Waals surface area contributed by atoms with Gasteiger partial charge in [-0.1, -0.05) is 42.5 Å². The lowest BCUT2D eigenvalue weighted by Crippen LogP contribution is -2.13. The average molecular weight is 393 g/mol. The molecule has 2 aromatic heterocycles. The Balaban J connectivity index is 1.57. The largest absolute Gasteiger partial charge is 0.321 e. The SMILES string of the molecule is O=C(Nc1ccc(-c2ccccc2)cc1)c1nn2cccnc2c1Br. The van der Waals surface area contributed by atoms with Gasteiger partial charge in [0.2, 0.25) is 0 Å². The maximum absolute atomic E-state index is 12.5. The van der Waals surface area contributed by atoms with Gasteiger partial charge in [-0.15, -0.1) is 0 Å². The summed E-state index contributed by atoms with van der Waals surface area (Å²) in [6.07, 6.45) is 3.41. The van der Waals surface area contributed by atoms with Crippen LogP contribution < -0.4 is 5.32 Å². The summed E-state index contributed by atoms with van der Waals surface area (Å²) in [5, 5.41) is 7.13. The van der Waals surface area contributed by atoms with Gasteiger partial charge in [-0.25, -0.2) is 9.50 Å². The molecule has 1 N–H and O–H groups in total. The van der Waals surface area contributed by atoms with Gasteiger partial charge in [0.25, 0.3) is 5.91 Å². The lowest BCUT2D eigenvalue weighted by Gasteiger charge is -2.06. The van der Waals surface area contributed by atoms with E-state index in [2.05, 4.69) is 31.3 Å². The molecule has 0 atom stereocenters. The number of hydrogen-bond acceptors (Lipinski definition) is 3. The molecular weight excluding hydrogens is 380 g/mol. The number of fused-ring (bicyclic) bond motifs is 1. The van der Waals surface area contributed by atoms with E-state index in [4.69, 9.17) is 0 Å². The van der Waals surface area contributed by atoms with Gasteiger partial charge in [-0.2, -0.15) is 5.10 Å². The summed E-state index contributed by atoms with van der Waals surface area (Å²) in [6.45, 7) is 0. The molecule has 122 valence electrons. The molecule has 4 rings (SSSR count). The lowest BCUT2D eigenvalue weighted by atomic mass is 10.1. The van der Waals surface area contributed by atoms with Crippen molar-refractivity contribution in [2.45, 2.75) is 0 Å². The zero-order valence-corrected chi connectivity index (χ0v) is 14.6. The third-order valence-corrected chi connectivity index (χ3v) is 4.53. The van der Waals surface area contributed by atoms with E-state index in [0.717, 1.165) is 11.1 Å². The van der Waals surface area contributed by atoms with Crippen molar-refractivity contribution in [2.24, 2.45) is 0 Å². The zero-order valence-electron chi connectivity index (χ0n) is 13.1. The summed E-state index contributed by atoms with van der Waals surface area (Å²) in [7, 11) is 0. The van der Waals surface area contributed by atoms with E-state index in [9.17, 15) is 4.79 Å². The van der Waals surface area contributed by atoms with Crippen molar-refractivity contribution < 1.29 is 4.79 Å². The number of hydrogen-bond donors (Lipinski definition) is 1. The summed E-state index contributed by atoms with van der Waals surface area (Å²) in [6, 6.07) is 19.6. The minimum absolute atomic E-state index is 0.287. The van der Waals surface area contributed by atoms with Crippen LogP contribution in [0.5, 0.6) is 0 Å². The molecule has 0 aliphatic rings. The molecule has 2 aromatic carbocycles. The number of nitrogens with zero attached hydrogens (tertiary/aromatic N) is 3. The number of anilines is 1. The quantitative estimate of drug-likeness (QED) is 0.561. The fraction of sp³-hybridized carbons (Fsp3) is 0. The Labute approximate surface area is 152 Å². The number of amides is 1. The second-order valence-electron chi connectivity index (χ2n) is 5.45. The molecule has 0 unspecified atom stereocenters. The molecule has 0 bridgehead atoms. The maximum atomic E-state index is 12.5. The second kappa shape index (κ2) is 6.49. The number of nitrogens with one attached hydrogen (secondary N) is 1. The minimum atomic E-state index is -0.287. The Bertz CT molecular complexity index is 1040. The van der Waals surface area contributed by atoms with Crippen molar-refractivity contribution in [1.82, 2.24) is 14.6 Å². The van der Waals surface area contributed by atoms with Crippen LogP contribution in [0.1, 0.15) is 10.5 Å². The fourth-order valence-electron chi connectivity index (χ4n) is 2.57. The first kappa shape index (κ1) is 15.5. The summed E-state index contributed by atoms with van der Waals surface area (Å²) in [5.41, 5.74) is 3.84. The Morgan fingerprint density at radius 1 is 0.960 bits per heavy atom. The number of carbonyl (C=O) groups is 1. The van der Waals surface area contributed by atoms with Gasteiger partial charge >= 0.3 is 0 Å². The van der Waals surface area contributed by atoms with Crippen LogP contribution >= 0.6 is 15.9 Å². The van der Waals surface area contributed by atoms with Gasteiger partial charge in [-0.3, -0.25) is 4.79 Å². The van der Waals surface area contributed by atoms with Crippen LogP contribution in [0.4, 0.5) is 5.69 Å². The van der Waals surface area contributed by atoms with Crippen molar-refractivity contribution >= 4 is 33.2 Å². The molecule has 0 saturated heterocycles. The van der Waals surface area contributed by atoms with Gasteiger partial charge in [0.15, 0.2) is 11.3 Å². The van der Waals surface area contributed by atoms with Crippen LogP contribution in [0.3, 0.4) is 0 Å². The summed E-state index contributed by atoms with van der Waals surface area (Å²) < 4.78 is 2.14. The van der Waals surface area contributed by atoms with Crippen molar-refractivity contribution in [3.8, 4) is 11.1 Å². The molecule has 25 heavy (non-hydrogen) atoms. The molecule has 0 radical (unpaired) electrons. The standard InChI is InChI=1S/C19H13BrN4O/c20-16-17(23-24-12-4-11-21-18(16)24)19(25)22-15-9-7-14(8-10-15)13-5-2-1-3-6-13/h1-12H,(H,22,25). The first-order chi connectivity index (χ1) is 12.2. The number of halogens is 1. The van der Waals surface area contributed by atoms with Gasteiger partial charge in [0.1, 0.15) is 0 Å². The molecule has 0 aliphatic heterocycles. The second-order valence-corrected chi connectivity index (χ2v) is 6.24. The van der Waals surface area contributed by atoms with Crippen molar-refractivity contribution in [3.05, 3.63) is 83.2 Å². The lowest BCUT2D eigenvalue weighted by molar-refractivity contribution is 0.102. The van der Waals surface area contributed by atoms with Crippen LogP contribution in [0.15, 0.2) is 77.5 Å². The number of aromatic nitrogens is 3. The molecular formula is C19H13BrN4O. The predicted molar refractivity (Wildman–Crippen MR) is 101 cm³/mol. The molecule has 1 amide bonds. The highest BCUT2D eigenvalue weighted by Crippen LogP contribution is 2.23. The van der Waals surface area contributed by atoms with E-state index in [0.29, 0.717) is 21.5 Å². The number of carbonyl (C=O) groups excluding carboxylic acids is 1. The van der Waals surface area contributed by atoms with E-state index in [1.54, 1.807) is 23.0 Å². The van der Waals surface area contributed by atoms with E-state index in [-0.39, 0.29) is 5.91 Å². The van der Waals surface area contributed by atoms with E-state index >= 15 is 0 Å². The van der Waals surface area contributed by atoms with Crippen LogP contribution in [-0.2, 0) is 0 Å². The molecule has 2 heterocycles. The van der Waals surface area contributed by atoms with Gasteiger partial charge < -0.3 is 5.32 Å². The highest BCUT2D eigenvalue weighted by atomic mass is 79.9. The summed E-state index contributed by atoms with van der Waals surface area (Å²) in [5.74, 6) is -0.287. The first-order valence-corrected chi connectivity index (χ1v) is 8.47. The molecule has 0 aliphatic carbocycles. The van der Waals surface area contributed by atoms with Crippen molar-refractivity contribution in [3.63, 3.8) is 0 Å². The summed E-state index contributed by atoms with van der Waals surface area (Å²) in [4.78, 5) is 16.7. The minimum Gasteiger partial charge on any atom is -0.321 e. The highest BCUT2D eigenvalue weighted by Gasteiger charge is 2.18. The van der Waals surface area contributed by atoms with Crippen LogP contribution in [0.2, 0.25) is 0 Å².